The zero-order valence-corrected chi connectivity index (χ0v) is 14.5. The van der Waals surface area contributed by atoms with Crippen molar-refractivity contribution in [3.05, 3.63) is 35.4 Å². The second-order valence-corrected chi connectivity index (χ2v) is 4.46. The zero-order chi connectivity index (χ0) is 13.2. The van der Waals surface area contributed by atoms with Gasteiger partial charge >= 0.3 is 0 Å². The Morgan fingerprint density at radius 2 is 1.79 bits per heavy atom. The number of benzene rings is 1. The van der Waals surface area contributed by atoms with Gasteiger partial charge in [0.1, 0.15) is 0 Å². The molecule has 0 bridgehead atoms. The molecule has 0 spiro atoms. The van der Waals surface area contributed by atoms with E-state index in [-0.39, 0.29) is 24.0 Å². The molecular formula is C15H26IN3. The lowest BCUT2D eigenvalue weighted by molar-refractivity contribution is 0.730. The van der Waals surface area contributed by atoms with Crippen molar-refractivity contribution in [2.24, 2.45) is 4.99 Å². The zero-order valence-electron chi connectivity index (χ0n) is 12.2. The van der Waals surface area contributed by atoms with Crippen molar-refractivity contribution in [2.75, 3.05) is 13.1 Å². The predicted molar refractivity (Wildman–Crippen MR) is 94.3 cm³/mol. The number of guanidine groups is 1. The van der Waals surface area contributed by atoms with Crippen molar-refractivity contribution < 1.29 is 0 Å². The van der Waals surface area contributed by atoms with Gasteiger partial charge in [-0.05, 0) is 25.8 Å². The van der Waals surface area contributed by atoms with Crippen LogP contribution in [0.3, 0.4) is 0 Å². The first-order valence-corrected chi connectivity index (χ1v) is 6.84. The summed E-state index contributed by atoms with van der Waals surface area (Å²) >= 11 is 0. The van der Waals surface area contributed by atoms with E-state index >= 15 is 0 Å². The molecular weight excluding hydrogens is 349 g/mol. The third-order valence-corrected chi connectivity index (χ3v) is 2.71. The van der Waals surface area contributed by atoms with Crippen LogP contribution < -0.4 is 10.6 Å². The fourth-order valence-corrected chi connectivity index (χ4v) is 1.59. The minimum atomic E-state index is 0. The minimum Gasteiger partial charge on any atom is -0.357 e. The Labute approximate surface area is 134 Å². The molecule has 0 aliphatic heterocycles. The molecule has 0 radical (unpaired) electrons. The first-order valence-electron chi connectivity index (χ1n) is 6.84. The van der Waals surface area contributed by atoms with Gasteiger partial charge in [-0.2, -0.15) is 0 Å². The molecule has 4 heteroatoms. The van der Waals surface area contributed by atoms with Crippen molar-refractivity contribution in [1.82, 2.24) is 10.6 Å². The summed E-state index contributed by atoms with van der Waals surface area (Å²) in [6, 6.07) is 8.52. The number of unbranched alkanes of at least 4 members (excludes halogenated alkanes) is 1. The van der Waals surface area contributed by atoms with E-state index in [0.29, 0.717) is 0 Å². The highest BCUT2D eigenvalue weighted by molar-refractivity contribution is 14.0. The lowest BCUT2D eigenvalue weighted by Gasteiger charge is -2.10. The van der Waals surface area contributed by atoms with Gasteiger partial charge in [0.2, 0.25) is 0 Å². The molecule has 3 nitrogen and oxygen atoms in total. The molecule has 0 aliphatic carbocycles. The van der Waals surface area contributed by atoms with E-state index in [4.69, 9.17) is 0 Å². The Morgan fingerprint density at radius 3 is 2.37 bits per heavy atom. The van der Waals surface area contributed by atoms with Crippen LogP contribution in [0.15, 0.2) is 29.3 Å². The number of aryl methyl sites for hydroxylation is 1. The summed E-state index contributed by atoms with van der Waals surface area (Å²) in [6.45, 7) is 8.98. The van der Waals surface area contributed by atoms with Crippen LogP contribution >= 0.6 is 24.0 Å². The lowest BCUT2D eigenvalue weighted by atomic mass is 10.1. The molecule has 0 saturated heterocycles. The first kappa shape index (κ1) is 18.2. The summed E-state index contributed by atoms with van der Waals surface area (Å²) in [5, 5.41) is 6.60. The van der Waals surface area contributed by atoms with Gasteiger partial charge in [-0.25, -0.2) is 4.99 Å². The quantitative estimate of drug-likeness (QED) is 0.346. The Balaban J connectivity index is 0.00000324. The van der Waals surface area contributed by atoms with Crippen LogP contribution in [0, 0.1) is 6.92 Å². The van der Waals surface area contributed by atoms with Crippen LogP contribution in [-0.4, -0.2) is 19.0 Å². The molecule has 1 aromatic rings. The van der Waals surface area contributed by atoms with Gasteiger partial charge in [-0.3, -0.25) is 0 Å². The highest BCUT2D eigenvalue weighted by atomic mass is 127. The topological polar surface area (TPSA) is 36.4 Å². The van der Waals surface area contributed by atoms with Gasteiger partial charge in [0.25, 0.3) is 0 Å². The van der Waals surface area contributed by atoms with Gasteiger partial charge in [0, 0.05) is 13.1 Å². The van der Waals surface area contributed by atoms with Crippen molar-refractivity contribution in [2.45, 2.75) is 40.2 Å². The minimum absolute atomic E-state index is 0. The number of aliphatic imine (C=N–C) groups is 1. The van der Waals surface area contributed by atoms with E-state index in [9.17, 15) is 0 Å². The maximum absolute atomic E-state index is 4.58. The summed E-state index contributed by atoms with van der Waals surface area (Å²) in [6.07, 6.45) is 2.37. The highest BCUT2D eigenvalue weighted by Crippen LogP contribution is 2.04. The Hall–Kier alpha value is -0.780. The van der Waals surface area contributed by atoms with Gasteiger partial charge in [0.15, 0.2) is 5.96 Å². The van der Waals surface area contributed by atoms with Crippen molar-refractivity contribution in [3.63, 3.8) is 0 Å². The molecule has 0 aromatic heterocycles. The molecule has 0 heterocycles. The number of nitrogens with zero attached hydrogens (tertiary/aromatic N) is 1. The average molecular weight is 375 g/mol. The van der Waals surface area contributed by atoms with Gasteiger partial charge in [0.05, 0.1) is 6.54 Å². The summed E-state index contributed by atoms with van der Waals surface area (Å²) in [5.74, 6) is 0.909. The third-order valence-electron chi connectivity index (χ3n) is 2.71. The molecule has 0 fully saturated rings. The number of rotatable bonds is 6. The van der Waals surface area contributed by atoms with E-state index < -0.39 is 0 Å². The van der Waals surface area contributed by atoms with Crippen LogP contribution in [-0.2, 0) is 6.54 Å². The van der Waals surface area contributed by atoms with Crippen LogP contribution in [0.4, 0.5) is 0 Å². The van der Waals surface area contributed by atoms with Gasteiger partial charge < -0.3 is 10.6 Å². The average Bonchev–Trinajstić information content (AvgIpc) is 2.38. The van der Waals surface area contributed by atoms with E-state index in [1.165, 1.54) is 24.0 Å². The molecule has 0 aliphatic rings. The van der Waals surface area contributed by atoms with Crippen molar-refractivity contribution in [3.8, 4) is 0 Å². The SMILES string of the molecule is CCCCNC(=NCc1ccc(C)cc1)NCC.I. The Kier molecular flexibility index (Phi) is 10.6. The van der Waals surface area contributed by atoms with E-state index in [1.807, 2.05) is 0 Å². The fraction of sp³-hybridized carbons (Fsp3) is 0.533. The normalized spacial score (nSPS) is 10.8. The second-order valence-electron chi connectivity index (χ2n) is 4.46. The smallest absolute Gasteiger partial charge is 0.191 e. The molecule has 108 valence electrons. The van der Waals surface area contributed by atoms with Crippen LogP contribution in [0.25, 0.3) is 0 Å². The molecule has 2 N–H and O–H groups in total. The monoisotopic (exact) mass is 375 g/mol. The van der Waals surface area contributed by atoms with Crippen LogP contribution in [0.1, 0.15) is 37.8 Å². The fourth-order valence-electron chi connectivity index (χ4n) is 1.59. The third kappa shape index (κ3) is 8.08. The van der Waals surface area contributed by atoms with Crippen LogP contribution in [0.2, 0.25) is 0 Å². The molecule has 0 saturated carbocycles. The number of halogens is 1. The molecule has 0 atom stereocenters. The van der Waals surface area contributed by atoms with Crippen molar-refractivity contribution >= 4 is 29.9 Å². The molecule has 1 aromatic carbocycles. The predicted octanol–water partition coefficient (Wildman–Crippen LogP) is 3.47. The molecule has 1 rings (SSSR count). The number of hydrogen-bond donors (Lipinski definition) is 2. The Bertz CT molecular complexity index is 360. The standard InChI is InChI=1S/C15H25N3.HI/c1-4-6-11-17-15(16-5-2)18-12-14-9-7-13(3)8-10-14;/h7-10H,4-6,11-12H2,1-3H3,(H2,16,17,18);1H. The van der Waals surface area contributed by atoms with E-state index in [2.05, 4.69) is 60.7 Å². The maximum atomic E-state index is 4.58. The summed E-state index contributed by atoms with van der Waals surface area (Å²) < 4.78 is 0. The largest absolute Gasteiger partial charge is 0.357 e. The number of hydrogen-bond acceptors (Lipinski definition) is 1. The Morgan fingerprint density at radius 1 is 1.11 bits per heavy atom. The lowest BCUT2D eigenvalue weighted by Crippen LogP contribution is -2.37. The summed E-state index contributed by atoms with van der Waals surface area (Å²) in [4.78, 5) is 4.58. The first-order chi connectivity index (χ1) is 8.76. The van der Waals surface area contributed by atoms with Gasteiger partial charge in [-0.1, -0.05) is 43.2 Å². The maximum Gasteiger partial charge on any atom is 0.191 e. The summed E-state index contributed by atoms with van der Waals surface area (Å²) in [5.41, 5.74) is 2.53. The molecule has 0 unspecified atom stereocenters. The van der Waals surface area contributed by atoms with E-state index in [0.717, 1.165) is 25.6 Å². The number of nitrogens with one attached hydrogen (secondary N) is 2. The van der Waals surface area contributed by atoms with Gasteiger partial charge in [-0.15, -0.1) is 24.0 Å². The highest BCUT2D eigenvalue weighted by Gasteiger charge is 1.96. The summed E-state index contributed by atoms with van der Waals surface area (Å²) in [7, 11) is 0. The second kappa shape index (κ2) is 11.1. The van der Waals surface area contributed by atoms with Crippen LogP contribution in [0.5, 0.6) is 0 Å². The van der Waals surface area contributed by atoms with Crippen molar-refractivity contribution in [1.29, 1.82) is 0 Å². The van der Waals surface area contributed by atoms with E-state index in [1.54, 1.807) is 0 Å². The molecule has 0 amide bonds. The molecule has 19 heavy (non-hydrogen) atoms.